The van der Waals surface area contributed by atoms with Crippen molar-refractivity contribution in [2.45, 2.75) is 18.9 Å². The standard InChI is InChI=1S/C24H22N2O2/c1-17-13-14-21-20(15-17)24(23(28)26(21)2,19-11-7-4-8-12-19)25-22(27)16-18-9-5-3-6-10-18/h3-15H,16H2,1-2H3,(H,25,27). The second kappa shape index (κ2) is 6.97. The van der Waals surface area contributed by atoms with E-state index < -0.39 is 5.54 Å². The van der Waals surface area contributed by atoms with Crippen molar-refractivity contribution < 1.29 is 9.59 Å². The van der Waals surface area contributed by atoms with Crippen molar-refractivity contribution in [3.63, 3.8) is 0 Å². The third kappa shape index (κ3) is 2.87. The highest BCUT2D eigenvalue weighted by Gasteiger charge is 2.52. The van der Waals surface area contributed by atoms with Gasteiger partial charge in [-0.15, -0.1) is 0 Å². The first-order chi connectivity index (χ1) is 13.5. The number of fused-ring (bicyclic) bond motifs is 1. The lowest BCUT2D eigenvalue weighted by Crippen LogP contribution is -2.53. The molecule has 4 heteroatoms. The molecule has 0 saturated carbocycles. The molecule has 4 nitrogen and oxygen atoms in total. The molecule has 1 atom stereocenters. The maximum atomic E-state index is 13.5. The summed E-state index contributed by atoms with van der Waals surface area (Å²) in [5.74, 6) is -0.341. The summed E-state index contributed by atoms with van der Waals surface area (Å²) in [6.45, 7) is 1.99. The van der Waals surface area contributed by atoms with E-state index in [0.29, 0.717) is 0 Å². The zero-order valence-corrected chi connectivity index (χ0v) is 16.0. The van der Waals surface area contributed by atoms with E-state index in [4.69, 9.17) is 0 Å². The quantitative estimate of drug-likeness (QED) is 0.763. The number of nitrogens with zero attached hydrogens (tertiary/aromatic N) is 1. The van der Waals surface area contributed by atoms with E-state index in [1.807, 2.05) is 85.8 Å². The summed E-state index contributed by atoms with van der Waals surface area (Å²) in [5, 5.41) is 3.09. The lowest BCUT2D eigenvalue weighted by atomic mass is 9.83. The zero-order valence-electron chi connectivity index (χ0n) is 16.0. The Kier molecular flexibility index (Phi) is 4.47. The number of carbonyl (C=O) groups excluding carboxylic acids is 2. The minimum Gasteiger partial charge on any atom is -0.334 e. The van der Waals surface area contributed by atoms with Gasteiger partial charge in [0.15, 0.2) is 5.54 Å². The van der Waals surface area contributed by atoms with Gasteiger partial charge in [-0.3, -0.25) is 9.59 Å². The fourth-order valence-corrected chi connectivity index (χ4v) is 3.91. The topological polar surface area (TPSA) is 49.4 Å². The number of rotatable bonds is 4. The molecule has 1 unspecified atom stereocenters. The highest BCUT2D eigenvalue weighted by atomic mass is 16.2. The normalized spacial score (nSPS) is 18.1. The molecule has 140 valence electrons. The SMILES string of the molecule is Cc1ccc2c(c1)C(NC(=O)Cc1ccccc1)(c1ccccc1)C(=O)N2C. The van der Waals surface area contributed by atoms with Gasteiger partial charge in [-0.2, -0.15) is 0 Å². The third-order valence-corrected chi connectivity index (χ3v) is 5.28. The van der Waals surface area contributed by atoms with Gasteiger partial charge in [0, 0.05) is 18.3 Å². The zero-order chi connectivity index (χ0) is 19.7. The van der Waals surface area contributed by atoms with E-state index in [1.165, 1.54) is 0 Å². The van der Waals surface area contributed by atoms with Gasteiger partial charge in [-0.05, 0) is 24.1 Å². The molecule has 0 saturated heterocycles. The molecule has 3 aromatic carbocycles. The van der Waals surface area contributed by atoms with Crippen LogP contribution in [0.1, 0.15) is 22.3 Å². The van der Waals surface area contributed by atoms with E-state index in [9.17, 15) is 9.59 Å². The van der Waals surface area contributed by atoms with Gasteiger partial charge in [0.1, 0.15) is 0 Å². The monoisotopic (exact) mass is 370 g/mol. The first-order valence-corrected chi connectivity index (χ1v) is 9.32. The van der Waals surface area contributed by atoms with Gasteiger partial charge in [0.2, 0.25) is 5.91 Å². The van der Waals surface area contributed by atoms with E-state index >= 15 is 0 Å². The molecule has 28 heavy (non-hydrogen) atoms. The van der Waals surface area contributed by atoms with Crippen molar-refractivity contribution in [1.29, 1.82) is 0 Å². The second-order valence-corrected chi connectivity index (χ2v) is 7.21. The minimum absolute atomic E-state index is 0.152. The molecule has 1 aliphatic rings. The summed E-state index contributed by atoms with van der Waals surface area (Å²) in [5.41, 5.74) is 3.12. The van der Waals surface area contributed by atoms with Crippen LogP contribution in [0.5, 0.6) is 0 Å². The van der Waals surface area contributed by atoms with Crippen LogP contribution in [-0.4, -0.2) is 18.9 Å². The van der Waals surface area contributed by atoms with Crippen molar-refractivity contribution in [3.8, 4) is 0 Å². The van der Waals surface area contributed by atoms with E-state index in [0.717, 1.165) is 27.9 Å². The van der Waals surface area contributed by atoms with Crippen LogP contribution in [0.3, 0.4) is 0 Å². The summed E-state index contributed by atoms with van der Waals surface area (Å²) in [7, 11) is 1.75. The minimum atomic E-state index is -1.22. The molecular formula is C24H22N2O2. The number of aryl methyl sites for hydroxylation is 1. The first kappa shape index (κ1) is 18.0. The Morgan fingerprint density at radius 1 is 0.964 bits per heavy atom. The van der Waals surface area contributed by atoms with Crippen LogP contribution in [0.25, 0.3) is 0 Å². The molecule has 3 aromatic rings. The largest absolute Gasteiger partial charge is 0.334 e. The molecule has 1 N–H and O–H groups in total. The number of carbonyl (C=O) groups is 2. The number of nitrogens with one attached hydrogen (secondary N) is 1. The van der Waals surface area contributed by atoms with Gasteiger partial charge in [0.05, 0.1) is 6.42 Å². The molecule has 0 bridgehead atoms. The van der Waals surface area contributed by atoms with E-state index in [1.54, 1.807) is 11.9 Å². The maximum Gasteiger partial charge on any atom is 0.261 e. The molecular weight excluding hydrogens is 348 g/mol. The fraction of sp³-hybridized carbons (Fsp3) is 0.167. The summed E-state index contributed by atoms with van der Waals surface area (Å²) in [6.07, 6.45) is 0.216. The lowest BCUT2D eigenvalue weighted by molar-refractivity contribution is -0.129. The van der Waals surface area contributed by atoms with Crippen LogP contribution in [0, 0.1) is 6.92 Å². The van der Waals surface area contributed by atoms with Crippen molar-refractivity contribution in [2.24, 2.45) is 0 Å². The summed E-state index contributed by atoms with van der Waals surface area (Å²) >= 11 is 0. The van der Waals surface area contributed by atoms with Crippen molar-refractivity contribution in [1.82, 2.24) is 5.32 Å². The number of likely N-dealkylation sites (N-methyl/N-ethyl adjacent to an activating group) is 1. The molecule has 0 fully saturated rings. The molecule has 0 radical (unpaired) electrons. The van der Waals surface area contributed by atoms with Crippen molar-refractivity contribution in [2.75, 3.05) is 11.9 Å². The molecule has 0 aromatic heterocycles. The maximum absolute atomic E-state index is 13.5. The Hall–Kier alpha value is -3.40. The van der Waals surface area contributed by atoms with Crippen molar-refractivity contribution in [3.05, 3.63) is 101 Å². The van der Waals surface area contributed by atoms with Crippen LogP contribution in [0.2, 0.25) is 0 Å². The molecule has 0 spiro atoms. The molecule has 4 rings (SSSR count). The smallest absolute Gasteiger partial charge is 0.261 e. The fourth-order valence-electron chi connectivity index (χ4n) is 3.91. The Bertz CT molecular complexity index is 1030. The average molecular weight is 370 g/mol. The van der Waals surface area contributed by atoms with Crippen LogP contribution >= 0.6 is 0 Å². The van der Waals surface area contributed by atoms with Crippen LogP contribution in [0.15, 0.2) is 78.9 Å². The molecule has 2 amide bonds. The first-order valence-electron chi connectivity index (χ1n) is 9.32. The van der Waals surface area contributed by atoms with Gasteiger partial charge in [0.25, 0.3) is 5.91 Å². The summed E-state index contributed by atoms with van der Waals surface area (Å²) in [6, 6.07) is 24.9. The number of benzene rings is 3. The van der Waals surface area contributed by atoms with Crippen LogP contribution in [-0.2, 0) is 21.5 Å². The highest BCUT2D eigenvalue weighted by molar-refractivity contribution is 6.11. The number of anilines is 1. The Morgan fingerprint density at radius 3 is 2.29 bits per heavy atom. The van der Waals surface area contributed by atoms with Crippen molar-refractivity contribution >= 4 is 17.5 Å². The second-order valence-electron chi connectivity index (χ2n) is 7.21. The number of hydrogen-bond acceptors (Lipinski definition) is 2. The van der Waals surface area contributed by atoms with Crippen LogP contribution in [0.4, 0.5) is 5.69 Å². The number of amides is 2. The van der Waals surface area contributed by atoms with Gasteiger partial charge < -0.3 is 10.2 Å². The summed E-state index contributed by atoms with van der Waals surface area (Å²) in [4.78, 5) is 28.1. The lowest BCUT2D eigenvalue weighted by Gasteiger charge is -2.30. The average Bonchev–Trinajstić information content (AvgIpc) is 2.91. The molecule has 0 aliphatic carbocycles. The molecule has 1 aliphatic heterocycles. The van der Waals surface area contributed by atoms with Gasteiger partial charge in [-0.25, -0.2) is 0 Å². The predicted molar refractivity (Wildman–Crippen MR) is 110 cm³/mol. The van der Waals surface area contributed by atoms with E-state index in [2.05, 4.69) is 5.32 Å². The number of hydrogen-bond donors (Lipinski definition) is 1. The predicted octanol–water partition coefficient (Wildman–Crippen LogP) is 3.57. The Morgan fingerprint density at radius 2 is 1.61 bits per heavy atom. The van der Waals surface area contributed by atoms with Crippen LogP contribution < -0.4 is 10.2 Å². The third-order valence-electron chi connectivity index (χ3n) is 5.28. The Balaban J connectivity index is 1.82. The Labute approximate surface area is 164 Å². The molecule has 1 heterocycles. The highest BCUT2D eigenvalue weighted by Crippen LogP contribution is 2.44. The summed E-state index contributed by atoms with van der Waals surface area (Å²) < 4.78 is 0. The van der Waals surface area contributed by atoms with Gasteiger partial charge >= 0.3 is 0 Å². The van der Waals surface area contributed by atoms with E-state index in [-0.39, 0.29) is 18.2 Å². The van der Waals surface area contributed by atoms with Gasteiger partial charge in [-0.1, -0.05) is 78.4 Å².